The number of aromatic amines is 1. The molecule has 9 heteroatoms. The van der Waals surface area contributed by atoms with Crippen LogP contribution in [-0.4, -0.2) is 48.5 Å². The van der Waals surface area contributed by atoms with Crippen molar-refractivity contribution in [1.29, 1.82) is 0 Å². The van der Waals surface area contributed by atoms with Crippen molar-refractivity contribution in [3.63, 3.8) is 0 Å². The lowest BCUT2D eigenvalue weighted by Gasteiger charge is -2.17. The van der Waals surface area contributed by atoms with Gasteiger partial charge < -0.3 is 20.3 Å². The lowest BCUT2D eigenvalue weighted by Crippen LogP contribution is -2.24. The molecule has 0 bridgehead atoms. The van der Waals surface area contributed by atoms with E-state index in [1.54, 1.807) is 4.57 Å². The zero-order valence-electron chi connectivity index (χ0n) is 19.4. The maximum absolute atomic E-state index is 12.8. The van der Waals surface area contributed by atoms with Crippen LogP contribution in [-0.2, 0) is 4.74 Å². The normalized spacial score (nSPS) is 20.4. The summed E-state index contributed by atoms with van der Waals surface area (Å²) >= 11 is 0. The summed E-state index contributed by atoms with van der Waals surface area (Å²) in [4.78, 5) is 24.5. The molecule has 1 fully saturated rings. The van der Waals surface area contributed by atoms with Crippen molar-refractivity contribution in [2.24, 2.45) is 0 Å². The SMILES string of the molecule is Cc1c(Nc2nc3c(ncn3[C@H]3C[C@H](O)[C@@H](CO)O3)c(=O)[nH]2)cc2ccc3cccc4ccc1c2c34. The number of rotatable bonds is 4. The molecule has 0 amide bonds. The monoisotopic (exact) mass is 481 g/mol. The van der Waals surface area contributed by atoms with Crippen LogP contribution >= 0.6 is 0 Å². The third kappa shape index (κ3) is 3.03. The Hall–Kier alpha value is -4.05. The predicted molar refractivity (Wildman–Crippen MR) is 138 cm³/mol. The first-order chi connectivity index (χ1) is 17.5. The Morgan fingerprint density at radius 2 is 1.92 bits per heavy atom. The number of H-pyrrole nitrogens is 1. The predicted octanol–water partition coefficient (Wildman–Crippen LogP) is 3.71. The first kappa shape index (κ1) is 21.3. The van der Waals surface area contributed by atoms with Crippen LogP contribution in [0.25, 0.3) is 43.5 Å². The molecule has 2 aromatic heterocycles. The molecule has 0 radical (unpaired) electrons. The van der Waals surface area contributed by atoms with Gasteiger partial charge in [0.05, 0.1) is 19.0 Å². The summed E-state index contributed by atoms with van der Waals surface area (Å²) in [6, 6.07) is 16.9. The van der Waals surface area contributed by atoms with E-state index in [1.807, 2.05) is 0 Å². The smallest absolute Gasteiger partial charge is 0.280 e. The molecule has 4 N–H and O–H groups in total. The van der Waals surface area contributed by atoms with E-state index in [1.165, 1.54) is 27.9 Å². The molecule has 180 valence electrons. The van der Waals surface area contributed by atoms with Crippen molar-refractivity contribution in [3.8, 4) is 0 Å². The molecule has 6 aromatic rings. The van der Waals surface area contributed by atoms with Crippen molar-refractivity contribution in [2.45, 2.75) is 31.8 Å². The van der Waals surface area contributed by atoms with E-state index in [2.05, 4.69) is 75.7 Å². The molecule has 0 spiro atoms. The summed E-state index contributed by atoms with van der Waals surface area (Å²) in [5, 5.41) is 30.0. The summed E-state index contributed by atoms with van der Waals surface area (Å²) in [5.74, 6) is 0.280. The molecule has 1 aliphatic rings. The van der Waals surface area contributed by atoms with Gasteiger partial charge in [-0.1, -0.05) is 42.5 Å². The fourth-order valence-corrected chi connectivity index (χ4v) is 5.45. The van der Waals surface area contributed by atoms with Crippen LogP contribution in [0.15, 0.2) is 59.7 Å². The van der Waals surface area contributed by atoms with Crippen LogP contribution in [0.5, 0.6) is 0 Å². The van der Waals surface area contributed by atoms with E-state index < -0.39 is 18.4 Å². The number of nitrogens with zero attached hydrogens (tertiary/aromatic N) is 3. The Morgan fingerprint density at radius 3 is 2.69 bits per heavy atom. The number of fused-ring (bicyclic) bond motifs is 1. The van der Waals surface area contributed by atoms with Crippen LogP contribution in [0.2, 0.25) is 0 Å². The lowest BCUT2D eigenvalue weighted by molar-refractivity contribution is -0.0432. The fraction of sp³-hybridized carbons (Fsp3) is 0.222. The van der Waals surface area contributed by atoms with Gasteiger partial charge in [0.1, 0.15) is 12.3 Å². The highest BCUT2D eigenvalue weighted by Gasteiger charge is 2.35. The van der Waals surface area contributed by atoms with E-state index in [0.29, 0.717) is 5.65 Å². The van der Waals surface area contributed by atoms with E-state index in [0.717, 1.165) is 22.0 Å². The maximum Gasteiger partial charge on any atom is 0.280 e. The number of ether oxygens (including phenoxy) is 1. The highest BCUT2D eigenvalue weighted by atomic mass is 16.5. The second kappa shape index (κ2) is 7.72. The van der Waals surface area contributed by atoms with Crippen LogP contribution in [0.4, 0.5) is 11.6 Å². The van der Waals surface area contributed by atoms with Gasteiger partial charge in [0.25, 0.3) is 5.56 Å². The number of hydrogen-bond acceptors (Lipinski definition) is 7. The molecule has 36 heavy (non-hydrogen) atoms. The minimum Gasteiger partial charge on any atom is -0.394 e. The maximum atomic E-state index is 12.8. The first-order valence-corrected chi connectivity index (χ1v) is 11.9. The minimum absolute atomic E-state index is 0.179. The van der Waals surface area contributed by atoms with Gasteiger partial charge in [-0.25, -0.2) is 4.98 Å². The van der Waals surface area contributed by atoms with Gasteiger partial charge in [0.15, 0.2) is 11.2 Å². The third-order valence-corrected chi connectivity index (χ3v) is 7.30. The van der Waals surface area contributed by atoms with Crippen molar-refractivity contribution in [3.05, 3.63) is 70.8 Å². The van der Waals surface area contributed by atoms with Crippen molar-refractivity contribution in [2.75, 3.05) is 11.9 Å². The molecule has 0 unspecified atom stereocenters. The van der Waals surface area contributed by atoms with Crippen LogP contribution in [0.1, 0.15) is 18.2 Å². The number of benzene rings is 4. The number of anilines is 2. The van der Waals surface area contributed by atoms with E-state index >= 15 is 0 Å². The largest absolute Gasteiger partial charge is 0.394 e. The number of aliphatic hydroxyl groups is 2. The topological polar surface area (TPSA) is 125 Å². The Kier molecular flexibility index (Phi) is 4.56. The van der Waals surface area contributed by atoms with Crippen LogP contribution < -0.4 is 10.9 Å². The molecular formula is C27H23N5O4. The Labute approximate surface area is 204 Å². The average molecular weight is 482 g/mol. The average Bonchev–Trinajstić information content (AvgIpc) is 3.47. The molecule has 3 heterocycles. The van der Waals surface area contributed by atoms with Gasteiger partial charge in [-0.3, -0.25) is 14.3 Å². The second-order valence-electron chi connectivity index (χ2n) is 9.38. The molecule has 0 saturated carbocycles. The molecule has 4 aromatic carbocycles. The fourth-order valence-electron chi connectivity index (χ4n) is 5.45. The molecular weight excluding hydrogens is 458 g/mol. The number of imidazole rings is 1. The molecule has 0 aliphatic carbocycles. The van der Waals surface area contributed by atoms with E-state index in [4.69, 9.17) is 4.74 Å². The van der Waals surface area contributed by atoms with Gasteiger partial charge >= 0.3 is 0 Å². The highest BCUT2D eigenvalue weighted by Crippen LogP contribution is 2.39. The molecule has 1 aliphatic heterocycles. The molecule has 9 nitrogen and oxygen atoms in total. The number of aliphatic hydroxyl groups excluding tert-OH is 2. The van der Waals surface area contributed by atoms with Crippen molar-refractivity contribution in [1.82, 2.24) is 19.5 Å². The van der Waals surface area contributed by atoms with Crippen LogP contribution in [0, 0.1) is 6.92 Å². The quantitative estimate of drug-likeness (QED) is 0.283. The van der Waals surface area contributed by atoms with Crippen molar-refractivity contribution < 1.29 is 14.9 Å². The standard InChI is InChI=1S/C27H23N5O4/c1-13-17-8-7-15-4-2-3-14-5-6-16(23(17)22(14)15)9-18(13)29-27-30-25-24(26(35)31-27)28-12-32(25)21-10-19(34)20(11-33)36-21/h2-9,12,19-21,33-34H,10-11H2,1H3,(H2,29,30,31,35)/t19-,20+,21+/m0/s1. The lowest BCUT2D eigenvalue weighted by atomic mass is 9.91. The number of hydrogen-bond donors (Lipinski definition) is 4. The first-order valence-electron chi connectivity index (χ1n) is 11.9. The minimum atomic E-state index is -0.807. The zero-order chi connectivity index (χ0) is 24.6. The third-order valence-electron chi connectivity index (χ3n) is 7.30. The number of aryl methyl sites for hydroxylation is 1. The summed E-state index contributed by atoms with van der Waals surface area (Å²) in [6.07, 6.45) is -0.326. The van der Waals surface area contributed by atoms with Gasteiger partial charge in [0.2, 0.25) is 5.95 Å². The Balaban J connectivity index is 1.34. The number of aromatic nitrogens is 4. The van der Waals surface area contributed by atoms with Gasteiger partial charge in [-0.2, -0.15) is 4.98 Å². The van der Waals surface area contributed by atoms with E-state index in [9.17, 15) is 15.0 Å². The number of nitrogens with one attached hydrogen (secondary N) is 2. The zero-order valence-corrected chi connectivity index (χ0v) is 19.4. The summed E-state index contributed by atoms with van der Waals surface area (Å²) in [5.41, 5.74) is 2.02. The Morgan fingerprint density at radius 1 is 1.14 bits per heavy atom. The summed E-state index contributed by atoms with van der Waals surface area (Å²) in [7, 11) is 0. The molecule has 1 saturated heterocycles. The summed E-state index contributed by atoms with van der Waals surface area (Å²) < 4.78 is 7.38. The second-order valence-corrected chi connectivity index (χ2v) is 9.38. The van der Waals surface area contributed by atoms with Crippen molar-refractivity contribution >= 4 is 55.1 Å². The Bertz CT molecular complexity index is 1830. The van der Waals surface area contributed by atoms with Crippen LogP contribution in [0.3, 0.4) is 0 Å². The van der Waals surface area contributed by atoms with Gasteiger partial charge in [0, 0.05) is 12.1 Å². The molecule has 7 rings (SSSR count). The van der Waals surface area contributed by atoms with Gasteiger partial charge in [-0.05, 0) is 50.9 Å². The summed E-state index contributed by atoms with van der Waals surface area (Å²) in [6.45, 7) is 1.76. The molecule has 3 atom stereocenters. The highest BCUT2D eigenvalue weighted by molar-refractivity contribution is 6.24. The van der Waals surface area contributed by atoms with Gasteiger partial charge in [-0.15, -0.1) is 0 Å². The van der Waals surface area contributed by atoms with E-state index in [-0.39, 0.29) is 30.1 Å².